The molecule has 0 aliphatic carbocycles. The smallest absolute Gasteiger partial charge is 0.225 e. The van der Waals surface area contributed by atoms with Crippen LogP contribution in [0.4, 0.5) is 11.9 Å². The topological polar surface area (TPSA) is 99.9 Å². The molecule has 1 heterocycles. The summed E-state index contributed by atoms with van der Waals surface area (Å²) in [4.78, 5) is 11.7. The molecule has 6 nitrogen and oxygen atoms in total. The van der Waals surface area contributed by atoms with Gasteiger partial charge in [-0.05, 0) is 43.5 Å². The summed E-state index contributed by atoms with van der Waals surface area (Å²) < 4.78 is 5.73. The molecule has 0 aliphatic heterocycles. The van der Waals surface area contributed by atoms with Crippen molar-refractivity contribution < 1.29 is 4.74 Å². The number of anilines is 2. The summed E-state index contributed by atoms with van der Waals surface area (Å²) in [6, 6.07) is 4.09. The van der Waals surface area contributed by atoms with Crippen molar-refractivity contribution in [2.75, 3.05) is 11.5 Å². The van der Waals surface area contributed by atoms with Gasteiger partial charge in [-0.2, -0.15) is 15.0 Å². The van der Waals surface area contributed by atoms with Crippen molar-refractivity contribution in [3.05, 3.63) is 34.6 Å². The molecule has 100 valence electrons. The highest BCUT2D eigenvalue weighted by molar-refractivity contribution is 5.42. The monoisotopic (exact) mass is 259 g/mol. The van der Waals surface area contributed by atoms with E-state index in [9.17, 15) is 0 Å². The molecule has 2 aromatic rings. The lowest BCUT2D eigenvalue weighted by Gasteiger charge is -2.12. The highest BCUT2D eigenvalue weighted by atomic mass is 16.5. The van der Waals surface area contributed by atoms with Crippen molar-refractivity contribution in [2.45, 2.75) is 27.4 Å². The molecule has 0 aliphatic rings. The lowest BCUT2D eigenvalue weighted by Crippen LogP contribution is -2.09. The fraction of sp³-hybridized carbons (Fsp3) is 0.308. The molecule has 0 bridgehead atoms. The van der Waals surface area contributed by atoms with E-state index >= 15 is 0 Å². The minimum atomic E-state index is 0.100. The van der Waals surface area contributed by atoms with E-state index in [0.29, 0.717) is 5.82 Å². The van der Waals surface area contributed by atoms with E-state index in [1.165, 1.54) is 5.56 Å². The van der Waals surface area contributed by atoms with Crippen LogP contribution in [0.2, 0.25) is 0 Å². The molecular formula is C13H17N5O. The van der Waals surface area contributed by atoms with Crippen molar-refractivity contribution in [1.29, 1.82) is 0 Å². The summed E-state index contributed by atoms with van der Waals surface area (Å²) >= 11 is 0. The zero-order valence-electron chi connectivity index (χ0n) is 11.3. The number of rotatable bonds is 3. The predicted molar refractivity (Wildman–Crippen MR) is 73.6 cm³/mol. The van der Waals surface area contributed by atoms with Crippen molar-refractivity contribution in [3.63, 3.8) is 0 Å². The van der Waals surface area contributed by atoms with E-state index in [0.717, 1.165) is 16.9 Å². The first kappa shape index (κ1) is 13.1. The Labute approximate surface area is 111 Å². The molecule has 19 heavy (non-hydrogen) atoms. The van der Waals surface area contributed by atoms with Gasteiger partial charge in [-0.25, -0.2) is 0 Å². The fourth-order valence-electron chi connectivity index (χ4n) is 1.81. The molecular weight excluding hydrogens is 242 g/mol. The molecule has 0 saturated carbocycles. The Morgan fingerprint density at radius 2 is 1.63 bits per heavy atom. The third kappa shape index (κ3) is 3.09. The van der Waals surface area contributed by atoms with Crippen LogP contribution in [0.15, 0.2) is 12.1 Å². The molecule has 4 N–H and O–H groups in total. The summed E-state index contributed by atoms with van der Waals surface area (Å²) in [7, 11) is 0. The first-order valence-electron chi connectivity index (χ1n) is 5.92. The third-order valence-corrected chi connectivity index (χ3v) is 2.84. The average molecular weight is 259 g/mol. The molecule has 0 unspecified atom stereocenters. The Morgan fingerprint density at radius 3 is 2.26 bits per heavy atom. The molecule has 6 heteroatoms. The van der Waals surface area contributed by atoms with Crippen LogP contribution in [0.1, 0.15) is 22.5 Å². The zero-order valence-corrected chi connectivity index (χ0v) is 11.3. The Hall–Kier alpha value is -2.37. The Balaban J connectivity index is 2.19. The average Bonchev–Trinajstić information content (AvgIpc) is 2.30. The molecule has 0 amide bonds. The second kappa shape index (κ2) is 5.09. The quantitative estimate of drug-likeness (QED) is 0.867. The molecule has 0 radical (unpaired) electrons. The van der Waals surface area contributed by atoms with E-state index in [-0.39, 0.29) is 18.5 Å². The number of nitrogen functional groups attached to an aromatic ring is 2. The van der Waals surface area contributed by atoms with Crippen LogP contribution in [0.25, 0.3) is 0 Å². The van der Waals surface area contributed by atoms with Crippen LogP contribution in [0.5, 0.6) is 5.75 Å². The van der Waals surface area contributed by atoms with E-state index < -0.39 is 0 Å². The standard InChI is InChI=1S/C13H17N5O/c1-7-4-8(2)9(3)10(5-7)19-6-11-16-12(14)18-13(15)17-11/h4-5H,6H2,1-3H3,(H4,14,15,16,17,18). The minimum Gasteiger partial charge on any atom is -0.485 e. The molecule has 2 rings (SSSR count). The van der Waals surface area contributed by atoms with E-state index in [1.807, 2.05) is 26.8 Å². The van der Waals surface area contributed by atoms with Gasteiger partial charge in [0.2, 0.25) is 11.9 Å². The van der Waals surface area contributed by atoms with Crippen LogP contribution in [-0.2, 0) is 6.61 Å². The maximum absolute atomic E-state index is 5.73. The highest BCUT2D eigenvalue weighted by Gasteiger charge is 2.07. The van der Waals surface area contributed by atoms with Gasteiger partial charge in [0.1, 0.15) is 12.4 Å². The van der Waals surface area contributed by atoms with Crippen LogP contribution >= 0.6 is 0 Å². The number of aromatic nitrogens is 3. The number of hydrogen-bond donors (Lipinski definition) is 2. The van der Waals surface area contributed by atoms with Crippen molar-refractivity contribution in [1.82, 2.24) is 15.0 Å². The van der Waals surface area contributed by atoms with Gasteiger partial charge >= 0.3 is 0 Å². The number of ether oxygens (including phenoxy) is 1. The molecule has 1 aromatic heterocycles. The van der Waals surface area contributed by atoms with Crippen molar-refractivity contribution in [2.24, 2.45) is 0 Å². The van der Waals surface area contributed by atoms with Crippen LogP contribution in [0.3, 0.4) is 0 Å². The SMILES string of the molecule is Cc1cc(C)c(C)c(OCc2nc(N)nc(N)n2)c1. The summed E-state index contributed by atoms with van der Waals surface area (Å²) in [5.41, 5.74) is 14.4. The van der Waals surface area contributed by atoms with Gasteiger partial charge in [0.25, 0.3) is 0 Å². The molecule has 0 fully saturated rings. The lowest BCUT2D eigenvalue weighted by molar-refractivity contribution is 0.293. The third-order valence-electron chi connectivity index (χ3n) is 2.84. The number of benzene rings is 1. The lowest BCUT2D eigenvalue weighted by atomic mass is 10.1. The number of aryl methyl sites for hydroxylation is 2. The maximum atomic E-state index is 5.73. The largest absolute Gasteiger partial charge is 0.485 e. The summed E-state index contributed by atoms with van der Waals surface area (Å²) in [6.07, 6.45) is 0. The Morgan fingerprint density at radius 1 is 1.00 bits per heavy atom. The Kier molecular flexibility index (Phi) is 3.50. The van der Waals surface area contributed by atoms with Crippen LogP contribution < -0.4 is 16.2 Å². The van der Waals surface area contributed by atoms with Gasteiger partial charge in [0.05, 0.1) is 0 Å². The van der Waals surface area contributed by atoms with Crippen molar-refractivity contribution in [3.8, 4) is 5.75 Å². The van der Waals surface area contributed by atoms with Crippen LogP contribution in [-0.4, -0.2) is 15.0 Å². The predicted octanol–water partition coefficient (Wildman–Crippen LogP) is 1.54. The second-order valence-electron chi connectivity index (χ2n) is 4.46. The number of hydrogen-bond acceptors (Lipinski definition) is 6. The first-order valence-corrected chi connectivity index (χ1v) is 5.92. The van der Waals surface area contributed by atoms with Gasteiger partial charge in [0, 0.05) is 0 Å². The van der Waals surface area contributed by atoms with Gasteiger partial charge in [0.15, 0.2) is 5.82 Å². The minimum absolute atomic E-state index is 0.100. The van der Waals surface area contributed by atoms with E-state index in [2.05, 4.69) is 21.0 Å². The molecule has 0 atom stereocenters. The summed E-state index contributed by atoms with van der Waals surface area (Å²) in [5, 5.41) is 0. The Bertz CT molecular complexity index is 592. The van der Waals surface area contributed by atoms with E-state index in [4.69, 9.17) is 16.2 Å². The first-order chi connectivity index (χ1) is 8.95. The van der Waals surface area contributed by atoms with Gasteiger partial charge < -0.3 is 16.2 Å². The summed E-state index contributed by atoms with van der Waals surface area (Å²) in [6.45, 7) is 6.30. The second-order valence-corrected chi connectivity index (χ2v) is 4.46. The summed E-state index contributed by atoms with van der Waals surface area (Å²) in [5.74, 6) is 1.44. The molecule has 0 spiro atoms. The maximum Gasteiger partial charge on any atom is 0.225 e. The van der Waals surface area contributed by atoms with Gasteiger partial charge in [-0.1, -0.05) is 6.07 Å². The fourth-order valence-corrected chi connectivity index (χ4v) is 1.81. The normalized spacial score (nSPS) is 10.5. The molecule has 0 saturated heterocycles. The van der Waals surface area contributed by atoms with Crippen molar-refractivity contribution >= 4 is 11.9 Å². The van der Waals surface area contributed by atoms with E-state index in [1.54, 1.807) is 0 Å². The number of nitrogens with two attached hydrogens (primary N) is 2. The van der Waals surface area contributed by atoms with Crippen LogP contribution in [0, 0.1) is 20.8 Å². The zero-order chi connectivity index (χ0) is 14.0. The molecule has 1 aromatic carbocycles. The number of nitrogens with zero attached hydrogens (tertiary/aromatic N) is 3. The highest BCUT2D eigenvalue weighted by Crippen LogP contribution is 2.23. The van der Waals surface area contributed by atoms with Gasteiger partial charge in [-0.3, -0.25) is 0 Å². The van der Waals surface area contributed by atoms with Gasteiger partial charge in [-0.15, -0.1) is 0 Å².